The van der Waals surface area contributed by atoms with Gasteiger partial charge in [-0.05, 0) is 24.1 Å². The van der Waals surface area contributed by atoms with Gasteiger partial charge in [-0.2, -0.15) is 4.98 Å². The summed E-state index contributed by atoms with van der Waals surface area (Å²) in [7, 11) is 0. The number of hydrogen-bond donors (Lipinski definition) is 1. The molecule has 0 saturated carbocycles. The highest BCUT2D eigenvalue weighted by Crippen LogP contribution is 2.22. The Hall–Kier alpha value is -2.53. The lowest BCUT2D eigenvalue weighted by atomic mass is 10.1. The molecule has 5 heteroatoms. The SMILES string of the molecule is NC(Cc1ccccc1)c1nc(-c2ccccc2F)no1. The number of nitrogens with two attached hydrogens (primary N) is 1. The van der Waals surface area contributed by atoms with Gasteiger partial charge in [0.05, 0.1) is 11.6 Å². The summed E-state index contributed by atoms with van der Waals surface area (Å²) in [6.07, 6.45) is 0.583. The summed E-state index contributed by atoms with van der Waals surface area (Å²) >= 11 is 0. The first kappa shape index (κ1) is 13.5. The van der Waals surface area contributed by atoms with Crippen molar-refractivity contribution in [1.29, 1.82) is 0 Å². The van der Waals surface area contributed by atoms with E-state index in [2.05, 4.69) is 10.1 Å². The Balaban J connectivity index is 1.80. The van der Waals surface area contributed by atoms with Gasteiger partial charge in [0.25, 0.3) is 0 Å². The summed E-state index contributed by atoms with van der Waals surface area (Å²) in [4.78, 5) is 4.19. The second-order valence-electron chi connectivity index (χ2n) is 4.73. The molecule has 2 aromatic carbocycles. The Morgan fingerprint density at radius 2 is 1.76 bits per heavy atom. The Morgan fingerprint density at radius 1 is 1.05 bits per heavy atom. The van der Waals surface area contributed by atoms with Crippen LogP contribution in [0.3, 0.4) is 0 Å². The molecule has 0 amide bonds. The number of nitrogens with zero attached hydrogens (tertiary/aromatic N) is 2. The normalized spacial score (nSPS) is 12.3. The van der Waals surface area contributed by atoms with Gasteiger partial charge in [-0.1, -0.05) is 47.6 Å². The maximum atomic E-state index is 13.7. The first-order chi connectivity index (χ1) is 10.2. The van der Waals surface area contributed by atoms with E-state index in [1.165, 1.54) is 6.07 Å². The molecular formula is C16H14FN3O. The Morgan fingerprint density at radius 3 is 2.52 bits per heavy atom. The van der Waals surface area contributed by atoms with Gasteiger partial charge in [-0.25, -0.2) is 4.39 Å². The fourth-order valence-corrected chi connectivity index (χ4v) is 2.09. The van der Waals surface area contributed by atoms with Crippen LogP contribution < -0.4 is 5.73 Å². The molecule has 3 aromatic rings. The molecule has 1 heterocycles. The number of hydrogen-bond acceptors (Lipinski definition) is 4. The van der Waals surface area contributed by atoms with E-state index in [4.69, 9.17) is 10.3 Å². The van der Waals surface area contributed by atoms with Gasteiger partial charge in [-0.15, -0.1) is 0 Å². The standard InChI is InChI=1S/C16H14FN3O/c17-13-9-5-4-8-12(13)15-19-16(21-20-15)14(18)10-11-6-2-1-3-7-11/h1-9,14H,10,18H2. The quantitative estimate of drug-likeness (QED) is 0.799. The van der Waals surface area contributed by atoms with E-state index in [0.29, 0.717) is 17.9 Å². The molecule has 1 unspecified atom stereocenters. The summed E-state index contributed by atoms with van der Waals surface area (Å²) < 4.78 is 18.8. The third kappa shape index (κ3) is 2.98. The molecular weight excluding hydrogens is 269 g/mol. The van der Waals surface area contributed by atoms with Crippen LogP contribution >= 0.6 is 0 Å². The minimum absolute atomic E-state index is 0.214. The Bertz CT molecular complexity index is 727. The molecule has 0 aliphatic carbocycles. The fourth-order valence-electron chi connectivity index (χ4n) is 2.09. The molecule has 0 bridgehead atoms. The van der Waals surface area contributed by atoms with E-state index in [1.807, 2.05) is 30.3 Å². The molecule has 1 aromatic heterocycles. The van der Waals surface area contributed by atoms with Crippen LogP contribution in [0.4, 0.5) is 4.39 Å². The summed E-state index contributed by atoms with van der Waals surface area (Å²) in [6, 6.07) is 15.7. The maximum Gasteiger partial charge on any atom is 0.244 e. The summed E-state index contributed by atoms with van der Waals surface area (Å²) in [5, 5.41) is 3.80. The van der Waals surface area contributed by atoms with Crippen LogP contribution in [0.1, 0.15) is 17.5 Å². The summed E-state index contributed by atoms with van der Waals surface area (Å²) in [6.45, 7) is 0. The lowest BCUT2D eigenvalue weighted by molar-refractivity contribution is 0.354. The molecule has 0 aliphatic heterocycles. The molecule has 4 nitrogen and oxygen atoms in total. The van der Waals surface area contributed by atoms with E-state index in [0.717, 1.165) is 5.56 Å². The highest BCUT2D eigenvalue weighted by Gasteiger charge is 2.17. The predicted molar refractivity (Wildman–Crippen MR) is 76.8 cm³/mol. The van der Waals surface area contributed by atoms with Gasteiger partial charge in [-0.3, -0.25) is 0 Å². The molecule has 106 valence electrons. The molecule has 21 heavy (non-hydrogen) atoms. The molecule has 3 rings (SSSR count). The lowest BCUT2D eigenvalue weighted by Crippen LogP contribution is -2.13. The Labute approximate surface area is 121 Å². The topological polar surface area (TPSA) is 64.9 Å². The second kappa shape index (κ2) is 5.85. The van der Waals surface area contributed by atoms with Crippen LogP contribution in [0.5, 0.6) is 0 Å². The van der Waals surface area contributed by atoms with Crippen molar-refractivity contribution < 1.29 is 8.91 Å². The molecule has 0 aliphatic rings. The van der Waals surface area contributed by atoms with Gasteiger partial charge in [0.2, 0.25) is 11.7 Å². The average Bonchev–Trinajstić information content (AvgIpc) is 2.98. The smallest absolute Gasteiger partial charge is 0.244 e. The van der Waals surface area contributed by atoms with Crippen molar-refractivity contribution in [2.75, 3.05) is 0 Å². The van der Waals surface area contributed by atoms with E-state index < -0.39 is 6.04 Å². The number of halogens is 1. The molecule has 0 saturated heterocycles. The molecule has 1 atom stereocenters. The van der Waals surface area contributed by atoms with Gasteiger partial charge in [0, 0.05) is 0 Å². The second-order valence-corrected chi connectivity index (χ2v) is 4.73. The maximum absolute atomic E-state index is 13.7. The molecule has 2 N–H and O–H groups in total. The first-order valence-electron chi connectivity index (χ1n) is 6.62. The molecule has 0 spiro atoms. The van der Waals surface area contributed by atoms with Crippen molar-refractivity contribution in [2.45, 2.75) is 12.5 Å². The van der Waals surface area contributed by atoms with Crippen molar-refractivity contribution in [3.8, 4) is 11.4 Å². The van der Waals surface area contributed by atoms with Crippen molar-refractivity contribution >= 4 is 0 Å². The molecule has 0 radical (unpaired) electrons. The van der Waals surface area contributed by atoms with Gasteiger partial charge in [0.1, 0.15) is 5.82 Å². The zero-order valence-electron chi connectivity index (χ0n) is 11.2. The minimum atomic E-state index is -0.416. The zero-order chi connectivity index (χ0) is 14.7. The van der Waals surface area contributed by atoms with E-state index in [1.54, 1.807) is 18.2 Å². The van der Waals surface area contributed by atoms with Gasteiger partial charge >= 0.3 is 0 Å². The van der Waals surface area contributed by atoms with Crippen molar-refractivity contribution in [1.82, 2.24) is 10.1 Å². The van der Waals surface area contributed by atoms with Crippen LogP contribution in [-0.4, -0.2) is 10.1 Å². The van der Waals surface area contributed by atoms with Gasteiger partial charge in [0.15, 0.2) is 0 Å². The van der Waals surface area contributed by atoms with E-state index >= 15 is 0 Å². The van der Waals surface area contributed by atoms with E-state index in [9.17, 15) is 4.39 Å². The van der Waals surface area contributed by atoms with Gasteiger partial charge < -0.3 is 10.3 Å². The van der Waals surface area contributed by atoms with Crippen LogP contribution in [-0.2, 0) is 6.42 Å². The number of rotatable bonds is 4. The summed E-state index contributed by atoms with van der Waals surface area (Å²) in [5.41, 5.74) is 7.45. The average molecular weight is 283 g/mol. The highest BCUT2D eigenvalue weighted by molar-refractivity contribution is 5.54. The monoisotopic (exact) mass is 283 g/mol. The van der Waals surface area contributed by atoms with Crippen LogP contribution in [0, 0.1) is 5.82 Å². The third-order valence-electron chi connectivity index (χ3n) is 3.17. The van der Waals surface area contributed by atoms with Crippen LogP contribution in [0.25, 0.3) is 11.4 Å². The Kier molecular flexibility index (Phi) is 3.75. The van der Waals surface area contributed by atoms with Crippen molar-refractivity contribution in [3.05, 3.63) is 71.9 Å². The first-order valence-corrected chi connectivity index (χ1v) is 6.62. The lowest BCUT2D eigenvalue weighted by Gasteiger charge is -2.05. The third-order valence-corrected chi connectivity index (χ3v) is 3.17. The minimum Gasteiger partial charge on any atom is -0.337 e. The largest absolute Gasteiger partial charge is 0.337 e. The number of aromatic nitrogens is 2. The van der Waals surface area contributed by atoms with E-state index in [-0.39, 0.29) is 11.6 Å². The predicted octanol–water partition coefficient (Wildman–Crippen LogP) is 3.12. The van der Waals surface area contributed by atoms with Crippen LogP contribution in [0.2, 0.25) is 0 Å². The fraction of sp³-hybridized carbons (Fsp3) is 0.125. The zero-order valence-corrected chi connectivity index (χ0v) is 11.2. The van der Waals surface area contributed by atoms with Crippen LogP contribution in [0.15, 0.2) is 59.1 Å². The highest BCUT2D eigenvalue weighted by atomic mass is 19.1. The number of benzene rings is 2. The van der Waals surface area contributed by atoms with Crippen molar-refractivity contribution in [2.24, 2.45) is 5.73 Å². The van der Waals surface area contributed by atoms with Crippen molar-refractivity contribution in [3.63, 3.8) is 0 Å². The molecule has 0 fully saturated rings. The summed E-state index contributed by atoms with van der Waals surface area (Å²) in [5.74, 6) is 0.130.